The maximum atomic E-state index is 5.73. The fourth-order valence-electron chi connectivity index (χ4n) is 1.79. The summed E-state index contributed by atoms with van der Waals surface area (Å²) in [4.78, 5) is 5.29. The fourth-order valence-corrected chi connectivity index (χ4v) is 2.43. The Kier molecular flexibility index (Phi) is 3.00. The topological polar surface area (TPSA) is 95.7 Å². The van der Waals surface area contributed by atoms with Gasteiger partial charge in [-0.05, 0) is 17.9 Å². The molecule has 3 heterocycles. The monoisotopic (exact) mass is 276 g/mol. The van der Waals surface area contributed by atoms with E-state index < -0.39 is 0 Å². The van der Waals surface area contributed by atoms with Crippen molar-refractivity contribution < 1.29 is 4.52 Å². The molecule has 8 heteroatoms. The minimum atomic E-state index is 0.405. The zero-order chi connectivity index (χ0) is 13.2. The molecule has 0 spiro atoms. The van der Waals surface area contributed by atoms with Crippen LogP contribution in [0.3, 0.4) is 0 Å². The molecule has 19 heavy (non-hydrogen) atoms. The predicted octanol–water partition coefficient (Wildman–Crippen LogP) is 1.58. The number of hydrogen-bond acceptors (Lipinski definition) is 7. The predicted molar refractivity (Wildman–Crippen MR) is 70.5 cm³/mol. The molecular weight excluding hydrogens is 264 g/mol. The van der Waals surface area contributed by atoms with Crippen LogP contribution in [-0.4, -0.2) is 25.1 Å². The van der Waals surface area contributed by atoms with Crippen LogP contribution in [0.4, 0.5) is 5.82 Å². The molecule has 3 rings (SSSR count). The molecule has 2 N–H and O–H groups in total. The molecule has 0 aromatic carbocycles. The van der Waals surface area contributed by atoms with Crippen LogP contribution in [0.15, 0.2) is 22.0 Å². The fraction of sp³-hybridized carbons (Fsp3) is 0.273. The Morgan fingerprint density at radius 1 is 1.47 bits per heavy atom. The summed E-state index contributed by atoms with van der Waals surface area (Å²) in [7, 11) is 0. The minimum absolute atomic E-state index is 0.405. The molecule has 0 aliphatic carbocycles. The average molecular weight is 276 g/mol. The van der Waals surface area contributed by atoms with Gasteiger partial charge in [-0.25, -0.2) is 4.68 Å². The van der Waals surface area contributed by atoms with Gasteiger partial charge in [0.15, 0.2) is 11.6 Å². The third-order valence-corrected chi connectivity index (χ3v) is 3.55. The molecule has 0 bridgehead atoms. The van der Waals surface area contributed by atoms with Crippen molar-refractivity contribution in [2.24, 2.45) is 0 Å². The Balaban J connectivity index is 1.84. The van der Waals surface area contributed by atoms with Gasteiger partial charge in [0.05, 0.1) is 10.6 Å². The second-order valence-corrected chi connectivity index (χ2v) is 4.87. The third kappa shape index (κ3) is 2.22. The van der Waals surface area contributed by atoms with E-state index in [2.05, 4.69) is 20.5 Å². The van der Waals surface area contributed by atoms with Crippen LogP contribution >= 0.6 is 11.3 Å². The lowest BCUT2D eigenvalue weighted by molar-refractivity contribution is 0.418. The van der Waals surface area contributed by atoms with E-state index in [0.29, 0.717) is 24.1 Å². The Bertz CT molecular complexity index is 671. The number of aromatic nitrogens is 5. The van der Waals surface area contributed by atoms with Gasteiger partial charge in [0.25, 0.3) is 5.89 Å². The Hall–Kier alpha value is -2.22. The molecule has 0 fully saturated rings. The van der Waals surface area contributed by atoms with Gasteiger partial charge in [-0.15, -0.1) is 16.4 Å². The molecule has 0 amide bonds. The van der Waals surface area contributed by atoms with Crippen LogP contribution in [0.1, 0.15) is 18.4 Å². The number of nitrogens with two attached hydrogens (primary N) is 1. The lowest BCUT2D eigenvalue weighted by Crippen LogP contribution is -2.07. The van der Waals surface area contributed by atoms with Gasteiger partial charge in [-0.1, -0.05) is 23.4 Å². The second-order valence-electron chi connectivity index (χ2n) is 3.93. The summed E-state index contributed by atoms with van der Waals surface area (Å²) in [5.41, 5.74) is 6.61. The lowest BCUT2D eigenvalue weighted by atomic mass is 10.3. The zero-order valence-electron chi connectivity index (χ0n) is 10.3. The first-order valence-electron chi connectivity index (χ1n) is 5.82. The Labute approximate surface area is 113 Å². The molecule has 0 aliphatic rings. The van der Waals surface area contributed by atoms with E-state index in [1.807, 2.05) is 24.4 Å². The van der Waals surface area contributed by atoms with Crippen molar-refractivity contribution >= 4 is 17.2 Å². The molecule has 0 saturated carbocycles. The van der Waals surface area contributed by atoms with E-state index in [0.717, 1.165) is 17.0 Å². The maximum absolute atomic E-state index is 5.73. The van der Waals surface area contributed by atoms with Gasteiger partial charge in [0.2, 0.25) is 0 Å². The number of nitrogens with zero attached hydrogens (tertiary/aromatic N) is 5. The van der Waals surface area contributed by atoms with Crippen molar-refractivity contribution in [1.82, 2.24) is 25.1 Å². The third-order valence-electron chi connectivity index (χ3n) is 2.69. The molecule has 0 saturated heterocycles. The van der Waals surface area contributed by atoms with Crippen molar-refractivity contribution in [3.8, 4) is 10.8 Å². The highest BCUT2D eigenvalue weighted by Crippen LogP contribution is 2.22. The van der Waals surface area contributed by atoms with E-state index in [9.17, 15) is 0 Å². The van der Waals surface area contributed by atoms with Crippen molar-refractivity contribution in [3.63, 3.8) is 0 Å². The summed E-state index contributed by atoms with van der Waals surface area (Å²) in [6.07, 6.45) is 0.758. The maximum Gasteiger partial charge on any atom is 0.268 e. The zero-order valence-corrected chi connectivity index (χ0v) is 11.1. The minimum Gasteiger partial charge on any atom is -0.381 e. The van der Waals surface area contributed by atoms with Gasteiger partial charge >= 0.3 is 0 Å². The van der Waals surface area contributed by atoms with Gasteiger partial charge < -0.3 is 10.3 Å². The number of nitrogen functional groups attached to an aromatic ring is 1. The summed E-state index contributed by atoms with van der Waals surface area (Å²) < 4.78 is 6.91. The normalized spacial score (nSPS) is 11.0. The van der Waals surface area contributed by atoms with Crippen LogP contribution in [-0.2, 0) is 13.0 Å². The van der Waals surface area contributed by atoms with Gasteiger partial charge in [-0.3, -0.25) is 0 Å². The molecule has 98 valence electrons. The SMILES string of the molecule is CCc1c(N)nnn1Cc1noc(-c2cccs2)n1. The molecule has 7 nitrogen and oxygen atoms in total. The van der Waals surface area contributed by atoms with Gasteiger partial charge in [0.1, 0.15) is 6.54 Å². The standard InChI is InChI=1S/C11H12N6OS/c1-2-7-10(12)14-16-17(7)6-9-13-11(18-15-9)8-4-3-5-19-8/h3-5H,2,6,12H2,1H3. The lowest BCUT2D eigenvalue weighted by Gasteiger charge is -2.00. The van der Waals surface area contributed by atoms with Crippen LogP contribution in [0.25, 0.3) is 10.8 Å². The van der Waals surface area contributed by atoms with Crippen molar-refractivity contribution in [2.45, 2.75) is 19.9 Å². The molecular formula is C11H12N6OS. The van der Waals surface area contributed by atoms with Crippen LogP contribution < -0.4 is 5.73 Å². The number of hydrogen-bond donors (Lipinski definition) is 1. The van der Waals surface area contributed by atoms with Crippen LogP contribution in [0.5, 0.6) is 0 Å². The van der Waals surface area contributed by atoms with E-state index in [1.165, 1.54) is 0 Å². The number of rotatable bonds is 4. The average Bonchev–Trinajstić information content (AvgIpc) is 3.11. The summed E-state index contributed by atoms with van der Waals surface area (Å²) in [5.74, 6) is 1.53. The van der Waals surface area contributed by atoms with Crippen LogP contribution in [0.2, 0.25) is 0 Å². The first-order chi connectivity index (χ1) is 9.28. The quantitative estimate of drug-likeness (QED) is 0.777. The highest BCUT2D eigenvalue weighted by atomic mass is 32.1. The molecule has 3 aromatic rings. The van der Waals surface area contributed by atoms with Crippen molar-refractivity contribution in [2.75, 3.05) is 5.73 Å². The molecule has 0 radical (unpaired) electrons. The van der Waals surface area contributed by atoms with Crippen LogP contribution in [0, 0.1) is 0 Å². The highest BCUT2D eigenvalue weighted by molar-refractivity contribution is 7.13. The van der Waals surface area contributed by atoms with E-state index >= 15 is 0 Å². The summed E-state index contributed by atoms with van der Waals surface area (Å²) in [6, 6.07) is 3.88. The molecule has 3 aromatic heterocycles. The largest absolute Gasteiger partial charge is 0.381 e. The van der Waals surface area contributed by atoms with Crippen molar-refractivity contribution in [3.05, 3.63) is 29.0 Å². The van der Waals surface area contributed by atoms with Gasteiger partial charge in [-0.2, -0.15) is 4.98 Å². The first-order valence-corrected chi connectivity index (χ1v) is 6.70. The molecule has 0 atom stereocenters. The smallest absolute Gasteiger partial charge is 0.268 e. The first kappa shape index (κ1) is 11.8. The molecule has 0 unspecified atom stereocenters. The van der Waals surface area contributed by atoms with E-state index in [4.69, 9.17) is 10.3 Å². The van der Waals surface area contributed by atoms with E-state index in [-0.39, 0.29) is 0 Å². The highest BCUT2D eigenvalue weighted by Gasteiger charge is 2.13. The second kappa shape index (κ2) is 4.81. The summed E-state index contributed by atoms with van der Waals surface area (Å²) in [5, 5.41) is 13.7. The van der Waals surface area contributed by atoms with E-state index in [1.54, 1.807) is 16.0 Å². The number of thiophene rings is 1. The van der Waals surface area contributed by atoms with Crippen molar-refractivity contribution in [1.29, 1.82) is 0 Å². The summed E-state index contributed by atoms with van der Waals surface area (Å²) in [6.45, 7) is 2.40. The molecule has 0 aliphatic heterocycles. The summed E-state index contributed by atoms with van der Waals surface area (Å²) >= 11 is 1.56. The Morgan fingerprint density at radius 3 is 3.11 bits per heavy atom. The Morgan fingerprint density at radius 2 is 2.37 bits per heavy atom. The van der Waals surface area contributed by atoms with Gasteiger partial charge in [0, 0.05) is 0 Å². The number of anilines is 1.